The molecule has 5 heteroatoms. The van der Waals surface area contributed by atoms with E-state index in [1.165, 1.54) is 18.4 Å². The largest absolute Gasteiger partial charge is 0.465 e. The van der Waals surface area contributed by atoms with Crippen molar-refractivity contribution in [1.29, 1.82) is 0 Å². The highest BCUT2D eigenvalue weighted by Crippen LogP contribution is 2.18. The molecular formula is C12H12N2O2S. The summed E-state index contributed by atoms with van der Waals surface area (Å²) in [5, 5.41) is 3.18. The van der Waals surface area contributed by atoms with E-state index in [0.717, 1.165) is 10.7 Å². The number of hydrogen-bond acceptors (Lipinski definition) is 5. The van der Waals surface area contributed by atoms with Gasteiger partial charge in [0.25, 0.3) is 0 Å². The van der Waals surface area contributed by atoms with Gasteiger partial charge in [-0.05, 0) is 24.3 Å². The molecule has 0 unspecified atom stereocenters. The smallest absolute Gasteiger partial charge is 0.348 e. The summed E-state index contributed by atoms with van der Waals surface area (Å²) in [5.41, 5.74) is 0. The first-order valence-electron chi connectivity index (χ1n) is 5.11. The predicted molar refractivity (Wildman–Crippen MR) is 67.2 cm³/mol. The predicted octanol–water partition coefficient (Wildman–Crippen LogP) is 2.54. The van der Waals surface area contributed by atoms with Gasteiger partial charge in [-0.1, -0.05) is 6.07 Å². The summed E-state index contributed by atoms with van der Waals surface area (Å²) in [4.78, 5) is 17.1. The molecular weight excluding hydrogens is 236 g/mol. The molecule has 0 saturated carbocycles. The van der Waals surface area contributed by atoms with Crippen LogP contribution in [0.25, 0.3) is 0 Å². The molecule has 0 amide bonds. The van der Waals surface area contributed by atoms with Crippen LogP contribution in [0.4, 0.5) is 5.82 Å². The van der Waals surface area contributed by atoms with Gasteiger partial charge in [0.2, 0.25) is 0 Å². The number of aromatic nitrogens is 1. The Morgan fingerprint density at radius 1 is 1.41 bits per heavy atom. The molecule has 2 aromatic rings. The average molecular weight is 248 g/mol. The van der Waals surface area contributed by atoms with Gasteiger partial charge in [0.05, 0.1) is 13.7 Å². The molecule has 0 aliphatic heterocycles. The zero-order valence-corrected chi connectivity index (χ0v) is 10.2. The van der Waals surface area contributed by atoms with Crippen LogP contribution in [-0.4, -0.2) is 18.1 Å². The van der Waals surface area contributed by atoms with Gasteiger partial charge in [-0.25, -0.2) is 9.78 Å². The second-order valence-corrected chi connectivity index (χ2v) is 4.49. The minimum atomic E-state index is -0.293. The Morgan fingerprint density at radius 3 is 3.00 bits per heavy atom. The maximum atomic E-state index is 11.3. The number of ether oxygens (including phenoxy) is 1. The van der Waals surface area contributed by atoms with E-state index in [9.17, 15) is 4.79 Å². The van der Waals surface area contributed by atoms with Crippen LogP contribution < -0.4 is 5.32 Å². The Balaban J connectivity index is 1.96. The summed E-state index contributed by atoms with van der Waals surface area (Å²) >= 11 is 1.42. The van der Waals surface area contributed by atoms with E-state index in [4.69, 9.17) is 0 Å². The Kier molecular flexibility index (Phi) is 3.72. The Labute approximate surface area is 103 Å². The summed E-state index contributed by atoms with van der Waals surface area (Å²) in [6.45, 7) is 0.651. The summed E-state index contributed by atoms with van der Waals surface area (Å²) in [7, 11) is 1.38. The third kappa shape index (κ3) is 3.04. The molecule has 0 radical (unpaired) electrons. The molecule has 0 aliphatic carbocycles. The minimum Gasteiger partial charge on any atom is -0.465 e. The molecule has 0 fully saturated rings. The lowest BCUT2D eigenvalue weighted by atomic mass is 10.4. The number of pyridine rings is 1. The van der Waals surface area contributed by atoms with E-state index >= 15 is 0 Å². The molecule has 0 bridgehead atoms. The molecule has 0 spiro atoms. The molecule has 4 nitrogen and oxygen atoms in total. The van der Waals surface area contributed by atoms with Gasteiger partial charge in [-0.2, -0.15) is 0 Å². The molecule has 2 rings (SSSR count). The fourth-order valence-corrected chi connectivity index (χ4v) is 2.19. The van der Waals surface area contributed by atoms with E-state index < -0.39 is 0 Å². The molecule has 1 N–H and O–H groups in total. The Hall–Kier alpha value is -1.88. The van der Waals surface area contributed by atoms with Crippen molar-refractivity contribution < 1.29 is 9.53 Å². The van der Waals surface area contributed by atoms with Crippen LogP contribution in [0, 0.1) is 0 Å². The summed E-state index contributed by atoms with van der Waals surface area (Å²) in [5.74, 6) is 0.527. The van der Waals surface area contributed by atoms with E-state index in [-0.39, 0.29) is 5.97 Å². The zero-order chi connectivity index (χ0) is 12.1. The number of methoxy groups -OCH3 is 1. The van der Waals surface area contributed by atoms with Crippen LogP contribution in [0.2, 0.25) is 0 Å². The van der Waals surface area contributed by atoms with Crippen molar-refractivity contribution in [2.45, 2.75) is 6.54 Å². The lowest BCUT2D eigenvalue weighted by Crippen LogP contribution is -1.99. The van der Waals surface area contributed by atoms with Gasteiger partial charge in [-0.15, -0.1) is 11.3 Å². The first-order valence-corrected chi connectivity index (χ1v) is 5.93. The van der Waals surface area contributed by atoms with Gasteiger partial charge in [-0.3, -0.25) is 0 Å². The third-order valence-corrected chi connectivity index (χ3v) is 3.22. The number of anilines is 1. The lowest BCUT2D eigenvalue weighted by Gasteiger charge is -2.02. The van der Waals surface area contributed by atoms with Crippen LogP contribution in [-0.2, 0) is 11.3 Å². The number of carbonyl (C=O) groups excluding carboxylic acids is 1. The fraction of sp³-hybridized carbons (Fsp3) is 0.167. The molecule has 0 saturated heterocycles. The van der Waals surface area contributed by atoms with Crippen molar-refractivity contribution in [3.8, 4) is 0 Å². The second kappa shape index (κ2) is 5.45. The molecule has 88 valence electrons. The van der Waals surface area contributed by atoms with Gasteiger partial charge in [0.15, 0.2) is 0 Å². The highest BCUT2D eigenvalue weighted by atomic mass is 32.1. The molecule has 2 heterocycles. The standard InChI is InChI=1S/C12H12N2O2S/c1-16-12(15)10-6-5-9(17-10)8-14-11-4-2-3-7-13-11/h2-7H,8H2,1H3,(H,13,14). The first-order chi connectivity index (χ1) is 8.29. The summed E-state index contributed by atoms with van der Waals surface area (Å²) in [6, 6.07) is 9.36. The van der Waals surface area contributed by atoms with Crippen molar-refractivity contribution in [2.75, 3.05) is 12.4 Å². The van der Waals surface area contributed by atoms with E-state index in [0.29, 0.717) is 11.4 Å². The fourth-order valence-electron chi connectivity index (χ4n) is 1.33. The molecule has 0 aliphatic rings. The quantitative estimate of drug-likeness (QED) is 0.845. The molecule has 17 heavy (non-hydrogen) atoms. The van der Waals surface area contributed by atoms with Gasteiger partial charge < -0.3 is 10.1 Å². The Bertz CT molecular complexity index is 496. The second-order valence-electron chi connectivity index (χ2n) is 3.33. The van der Waals surface area contributed by atoms with Crippen molar-refractivity contribution in [2.24, 2.45) is 0 Å². The molecule has 0 aromatic carbocycles. The monoisotopic (exact) mass is 248 g/mol. The number of rotatable bonds is 4. The summed E-state index contributed by atoms with van der Waals surface area (Å²) in [6.07, 6.45) is 1.73. The van der Waals surface area contributed by atoms with Crippen molar-refractivity contribution in [1.82, 2.24) is 4.98 Å². The highest BCUT2D eigenvalue weighted by molar-refractivity contribution is 7.13. The van der Waals surface area contributed by atoms with E-state index in [1.807, 2.05) is 24.3 Å². The van der Waals surface area contributed by atoms with Crippen LogP contribution in [0.5, 0.6) is 0 Å². The van der Waals surface area contributed by atoms with Crippen LogP contribution in [0.15, 0.2) is 36.5 Å². The number of nitrogens with one attached hydrogen (secondary N) is 1. The zero-order valence-electron chi connectivity index (χ0n) is 9.34. The van der Waals surface area contributed by atoms with Gasteiger partial charge in [0, 0.05) is 11.1 Å². The third-order valence-electron chi connectivity index (χ3n) is 2.16. The van der Waals surface area contributed by atoms with Crippen molar-refractivity contribution in [3.63, 3.8) is 0 Å². The van der Waals surface area contributed by atoms with Crippen LogP contribution in [0.1, 0.15) is 14.5 Å². The highest BCUT2D eigenvalue weighted by Gasteiger charge is 2.08. The van der Waals surface area contributed by atoms with Crippen LogP contribution in [0.3, 0.4) is 0 Å². The normalized spacial score (nSPS) is 9.94. The van der Waals surface area contributed by atoms with Crippen molar-refractivity contribution >= 4 is 23.1 Å². The maximum absolute atomic E-state index is 11.3. The first kappa shape index (κ1) is 11.6. The molecule has 2 aromatic heterocycles. The minimum absolute atomic E-state index is 0.293. The molecule has 0 atom stereocenters. The van der Waals surface area contributed by atoms with Crippen LogP contribution >= 0.6 is 11.3 Å². The number of hydrogen-bond donors (Lipinski definition) is 1. The summed E-state index contributed by atoms with van der Waals surface area (Å²) < 4.78 is 4.65. The Morgan fingerprint density at radius 2 is 2.29 bits per heavy atom. The number of nitrogens with zero attached hydrogens (tertiary/aromatic N) is 1. The van der Waals surface area contributed by atoms with Gasteiger partial charge in [0.1, 0.15) is 10.7 Å². The van der Waals surface area contributed by atoms with E-state index in [2.05, 4.69) is 15.0 Å². The maximum Gasteiger partial charge on any atom is 0.348 e. The van der Waals surface area contributed by atoms with Crippen molar-refractivity contribution in [3.05, 3.63) is 46.3 Å². The topological polar surface area (TPSA) is 51.2 Å². The SMILES string of the molecule is COC(=O)c1ccc(CNc2ccccn2)s1. The number of esters is 1. The average Bonchev–Trinajstić information content (AvgIpc) is 2.85. The lowest BCUT2D eigenvalue weighted by molar-refractivity contribution is 0.0606. The van der Waals surface area contributed by atoms with Gasteiger partial charge >= 0.3 is 5.97 Å². The van der Waals surface area contributed by atoms with E-state index in [1.54, 1.807) is 12.3 Å². The number of thiophene rings is 1. The number of carbonyl (C=O) groups is 1.